The van der Waals surface area contributed by atoms with Crippen LogP contribution in [-0.2, 0) is 57.4 Å². The molecule has 28 heteroatoms. The molecule has 1 aliphatic carbocycles. The van der Waals surface area contributed by atoms with E-state index in [2.05, 4.69) is 33.5 Å². The maximum atomic E-state index is 15.9. The van der Waals surface area contributed by atoms with Gasteiger partial charge >= 0.3 is 11.9 Å². The molecule has 28 nitrogen and oxygen atoms in total. The van der Waals surface area contributed by atoms with Crippen molar-refractivity contribution in [2.75, 3.05) is 66.2 Å². The van der Waals surface area contributed by atoms with Gasteiger partial charge in [0.2, 0.25) is 52.7 Å². The monoisotopic (exact) mass is 1410 g/mol. The lowest BCUT2D eigenvalue weighted by Crippen LogP contribution is -2.61. The van der Waals surface area contributed by atoms with Crippen LogP contribution in [0.3, 0.4) is 0 Å². The molecule has 4 saturated heterocycles. The zero-order chi connectivity index (χ0) is 74.8. The van der Waals surface area contributed by atoms with Gasteiger partial charge in [-0.2, -0.15) is 0 Å². The van der Waals surface area contributed by atoms with Crippen molar-refractivity contribution in [2.45, 2.75) is 234 Å². The Hall–Kier alpha value is -8.72. The molecule has 6 aliphatic rings. The van der Waals surface area contributed by atoms with Crippen LogP contribution in [0.2, 0.25) is 0 Å². The van der Waals surface area contributed by atoms with Crippen molar-refractivity contribution in [3.05, 3.63) is 44.6 Å². The predicted molar refractivity (Wildman–Crippen MR) is 377 cm³/mol. The standard InChI is InChI=1S/C73H108N12O16/c1-18-19-20-21-22-23-24-25-26-33-74-57-51(65(90)79-55-45(13)100-73(98)60(41(8)9)83(17)50(87)37-81(15)69(94)48-30-28-35-85(48)71(96)53(39(4)5)77-67(55)92)58-63(43(11)61(57)88)101-62-42(10)31-32-46(56(62)75-58)64(89)78-54-44(12)99-72(97)59(40(6)7)82(16)49(86)36-80(14)68(93)47-29-27-34-84(47)70(95)52(38(2)3)76-66(54)91/h31-32,38-41,44-45,47-48,52-55,59-60,74H,18-30,33-37H2,1-17H3,(H,76,91)(H,77,92)(H,78,89)(H,79,90). The largest absolute Gasteiger partial charge is 0.458 e. The van der Waals surface area contributed by atoms with E-state index in [9.17, 15) is 38.4 Å². The molecule has 556 valence electrons. The van der Waals surface area contributed by atoms with E-state index in [-0.39, 0.29) is 71.8 Å². The van der Waals surface area contributed by atoms with Crippen molar-refractivity contribution in [3.63, 3.8) is 0 Å². The topological polar surface area (TPSA) is 346 Å². The minimum absolute atomic E-state index is 0.00240. The molecule has 1 aromatic carbocycles. The van der Waals surface area contributed by atoms with Crippen LogP contribution in [0.5, 0.6) is 0 Å². The van der Waals surface area contributed by atoms with Gasteiger partial charge in [-0.05, 0) is 95.1 Å². The molecule has 1 aromatic rings. The van der Waals surface area contributed by atoms with Crippen molar-refractivity contribution in [2.24, 2.45) is 23.7 Å². The lowest BCUT2D eigenvalue weighted by Gasteiger charge is -2.36. The number of hydrogen-bond donors (Lipinski definition) is 5. The Morgan fingerprint density at radius 1 is 0.584 bits per heavy atom. The lowest BCUT2D eigenvalue weighted by molar-refractivity contribution is -0.163. The van der Waals surface area contributed by atoms with Gasteiger partial charge in [-0.25, -0.2) is 14.6 Å². The second kappa shape index (κ2) is 34.8. The number of unbranched alkanes of at least 4 members (excludes halogenated alkanes) is 8. The molecule has 5 N–H and O–H groups in total. The van der Waals surface area contributed by atoms with E-state index in [0.29, 0.717) is 24.8 Å². The van der Waals surface area contributed by atoms with Crippen molar-refractivity contribution >= 4 is 87.8 Å². The Kier molecular flexibility index (Phi) is 27.4. The second-order valence-corrected chi connectivity index (χ2v) is 29.3. The molecular formula is C73H108N12O16. The highest BCUT2D eigenvalue weighted by atomic mass is 16.6. The highest BCUT2D eigenvalue weighted by Gasteiger charge is 2.47. The summed E-state index contributed by atoms with van der Waals surface area (Å²) in [4.78, 5) is 204. The van der Waals surface area contributed by atoms with Gasteiger partial charge in [0.05, 0.1) is 29.9 Å². The molecule has 0 saturated carbocycles. The molecule has 0 spiro atoms. The van der Waals surface area contributed by atoms with Crippen LogP contribution in [0.25, 0.3) is 22.6 Å². The Balaban J connectivity index is 1.37. The Morgan fingerprint density at radius 2 is 1.02 bits per heavy atom. The van der Waals surface area contributed by atoms with Crippen LogP contribution in [-0.4, -0.2) is 227 Å². The normalized spacial score (nSPS) is 24.6. The summed E-state index contributed by atoms with van der Waals surface area (Å²) in [5, 5.41) is 14.3. The molecule has 10 amide bonds. The summed E-state index contributed by atoms with van der Waals surface area (Å²) in [6.07, 6.45) is 7.21. The van der Waals surface area contributed by atoms with Crippen LogP contribution in [0.15, 0.2) is 21.3 Å². The predicted octanol–water partition coefficient (Wildman–Crippen LogP) is 5.09. The highest BCUT2D eigenvalue weighted by Crippen LogP contribution is 2.36. The summed E-state index contributed by atoms with van der Waals surface area (Å²) in [6.45, 7) is 21.2. The number of anilines is 1. The van der Waals surface area contributed by atoms with Crippen molar-refractivity contribution in [1.82, 2.24) is 55.7 Å². The van der Waals surface area contributed by atoms with Gasteiger partial charge < -0.3 is 69.9 Å². The minimum Gasteiger partial charge on any atom is -0.458 e. The second-order valence-electron chi connectivity index (χ2n) is 29.3. The first-order valence-corrected chi connectivity index (χ1v) is 36.0. The zero-order valence-corrected chi connectivity index (χ0v) is 62.1. The summed E-state index contributed by atoms with van der Waals surface area (Å²) in [5.41, 5.74) is -1.75. The first kappa shape index (κ1) is 79.6. The van der Waals surface area contributed by atoms with Gasteiger partial charge in [0.1, 0.15) is 71.8 Å². The molecule has 10 atom stereocenters. The number of benzene rings is 2. The van der Waals surface area contributed by atoms with Crippen LogP contribution in [0.4, 0.5) is 5.69 Å². The molecule has 0 aromatic heterocycles. The third kappa shape index (κ3) is 18.1. The van der Waals surface area contributed by atoms with Crippen LogP contribution in [0, 0.1) is 37.5 Å². The van der Waals surface area contributed by atoms with Gasteiger partial charge in [-0.3, -0.25) is 52.7 Å². The zero-order valence-electron chi connectivity index (χ0n) is 62.1. The Labute approximate surface area is 592 Å². The Morgan fingerprint density at radius 3 is 1.46 bits per heavy atom. The van der Waals surface area contributed by atoms with Crippen molar-refractivity contribution in [3.8, 4) is 11.5 Å². The number of carbonyl (C=O) groups is 12. The van der Waals surface area contributed by atoms with Gasteiger partial charge in [0.25, 0.3) is 11.8 Å². The summed E-state index contributed by atoms with van der Waals surface area (Å²) >= 11 is 0. The average molecular weight is 1410 g/mol. The van der Waals surface area contributed by atoms with E-state index in [1.54, 1.807) is 62.3 Å². The number of likely N-dealkylation sites (N-methyl/N-ethyl adjacent to an activating group) is 4. The van der Waals surface area contributed by atoms with Crippen molar-refractivity contribution in [1.29, 1.82) is 0 Å². The van der Waals surface area contributed by atoms with E-state index in [1.807, 2.05) is 0 Å². The van der Waals surface area contributed by atoms with E-state index < -0.39 is 179 Å². The average Bonchev–Trinajstić information content (AvgIpc) is 1.18. The van der Waals surface area contributed by atoms with Crippen molar-refractivity contribution < 1.29 is 71.4 Å². The number of amides is 10. The lowest BCUT2D eigenvalue weighted by atomic mass is 9.97. The van der Waals surface area contributed by atoms with Gasteiger partial charge in [-0.15, -0.1) is 0 Å². The fourth-order valence-corrected chi connectivity index (χ4v) is 14.1. The molecule has 0 radical (unpaired) electrons. The SMILES string of the molecule is CCCCCCCCCCCNc1c(C(=O)NC2C(=O)NC(C(C)C)C(=O)N3CCCC3C(=O)N(C)CC(=O)N(C)C(C(C)C)C(=O)OC2C)c2nc3c(C(=O)NC4C(=O)NC(C(C)C)C(=O)N5CCCC5C(=O)N(C)CC(=O)N(C)C(C(C)C)C(=O)OC4C)ccc(C)c3oc-2c(C)c1=O. The number of fused-ring (bicyclic) bond motifs is 4. The number of esters is 2. The third-order valence-electron chi connectivity index (χ3n) is 20.1. The molecule has 10 unspecified atom stereocenters. The maximum Gasteiger partial charge on any atom is 0.329 e. The number of rotatable bonds is 19. The Bertz CT molecular complexity index is 3630. The molecular weight excluding hydrogens is 1300 g/mol. The molecule has 7 rings (SSSR count). The summed E-state index contributed by atoms with van der Waals surface area (Å²) in [5.74, 6) is -11.9. The maximum absolute atomic E-state index is 15.9. The van der Waals surface area contributed by atoms with E-state index in [4.69, 9.17) is 18.9 Å². The van der Waals surface area contributed by atoms with Gasteiger partial charge in [0, 0.05) is 53.4 Å². The van der Waals surface area contributed by atoms with Crippen LogP contribution < -0.4 is 32.0 Å². The summed E-state index contributed by atoms with van der Waals surface area (Å²) in [6, 6.07) is -7.75. The summed E-state index contributed by atoms with van der Waals surface area (Å²) in [7, 11) is 5.66. The number of cyclic esters (lactones) is 2. The number of aromatic nitrogens is 1. The number of carbonyl (C=O) groups excluding carboxylic acids is 12. The number of aryl methyl sites for hydroxylation is 1. The molecule has 0 bridgehead atoms. The van der Waals surface area contributed by atoms with E-state index in [0.717, 1.165) is 61.2 Å². The van der Waals surface area contributed by atoms with Crippen LogP contribution in [0.1, 0.15) is 191 Å². The number of nitrogens with one attached hydrogen (secondary N) is 5. The van der Waals surface area contributed by atoms with Gasteiger partial charge in [-0.1, -0.05) is 120 Å². The number of ether oxygens (including phenoxy) is 2. The first-order valence-electron chi connectivity index (χ1n) is 36.0. The van der Waals surface area contributed by atoms with Gasteiger partial charge in [0.15, 0.2) is 11.3 Å². The molecule has 5 heterocycles. The summed E-state index contributed by atoms with van der Waals surface area (Å²) < 4.78 is 18.8. The molecule has 5 aliphatic heterocycles. The van der Waals surface area contributed by atoms with E-state index in [1.165, 1.54) is 80.7 Å². The quantitative estimate of drug-likeness (QED) is 0.0593. The minimum atomic E-state index is -1.86. The highest BCUT2D eigenvalue weighted by molar-refractivity contribution is 6.11. The number of hydrogen-bond acceptors (Lipinski definition) is 18. The fourth-order valence-electron chi connectivity index (χ4n) is 14.1. The van der Waals surface area contributed by atoms with Crippen LogP contribution >= 0.6 is 0 Å². The molecule has 4 fully saturated rings. The third-order valence-corrected chi connectivity index (χ3v) is 20.1. The first-order chi connectivity index (χ1) is 47.6. The fraction of sp³-hybridized carbons (Fsp3) is 0.671. The smallest absolute Gasteiger partial charge is 0.329 e. The number of nitrogens with zero attached hydrogens (tertiary/aromatic N) is 7. The van der Waals surface area contributed by atoms with E-state index >= 15 is 24.0 Å². The molecule has 101 heavy (non-hydrogen) atoms.